The molecule has 18 nitrogen and oxygen atoms in total. The minimum absolute atomic E-state index is 0.00492. The van der Waals surface area contributed by atoms with Gasteiger partial charge in [-0.1, -0.05) is 0 Å². The summed E-state index contributed by atoms with van der Waals surface area (Å²) in [4.78, 5) is 39.3. The zero-order valence-corrected chi connectivity index (χ0v) is 20.8. The van der Waals surface area contributed by atoms with Crippen molar-refractivity contribution >= 4 is 51.7 Å². The molecule has 0 bridgehead atoms. The van der Waals surface area contributed by atoms with Gasteiger partial charge in [0.2, 0.25) is 0 Å². The van der Waals surface area contributed by atoms with Crippen LogP contribution in [0.25, 0.3) is 16.7 Å². The average Bonchev–Trinajstić information content (AvgIpc) is 3.75. The van der Waals surface area contributed by atoms with E-state index in [1.807, 2.05) is 18.2 Å². The molecule has 1 aromatic heterocycles. The summed E-state index contributed by atoms with van der Waals surface area (Å²) in [6, 6.07) is 6.09. The first-order valence-corrected chi connectivity index (χ1v) is 11.9. The number of hydrogen-bond acceptors (Lipinski definition) is 18. The fourth-order valence-corrected chi connectivity index (χ4v) is 4.00. The molecule has 0 amide bonds. The summed E-state index contributed by atoms with van der Waals surface area (Å²) in [5, 5.41) is 48.0. The number of nitriles is 3. The third-order valence-electron chi connectivity index (χ3n) is 5.86. The molecule has 0 radical (unpaired) electrons. The fraction of sp³-hybridized carbons (Fsp3) is 0. The maximum Gasteiger partial charge on any atom is 0.178 e. The molecular formula is C24H12N18. The first-order valence-electron chi connectivity index (χ1n) is 11.9. The Morgan fingerprint density at radius 2 is 0.619 bits per heavy atom. The van der Waals surface area contributed by atoms with Gasteiger partial charge in [0.25, 0.3) is 0 Å². The van der Waals surface area contributed by atoms with E-state index in [2.05, 4.69) is 76.8 Å². The predicted molar refractivity (Wildman–Crippen MR) is 148 cm³/mol. The third-order valence-corrected chi connectivity index (χ3v) is 5.86. The summed E-state index contributed by atoms with van der Waals surface area (Å²) in [5.41, 5.74) is -0.422. The molecule has 7 heterocycles. The van der Waals surface area contributed by atoms with E-state index in [1.165, 1.54) is 0 Å². The van der Waals surface area contributed by atoms with Gasteiger partial charge in [-0.25, -0.2) is 44.9 Å². The lowest BCUT2D eigenvalue weighted by Gasteiger charge is -2.08. The number of amidine groups is 6. The molecule has 1 aromatic rings. The van der Waals surface area contributed by atoms with Crippen molar-refractivity contribution in [1.82, 2.24) is 46.9 Å². The van der Waals surface area contributed by atoms with Crippen LogP contribution in [-0.2, 0) is 0 Å². The van der Waals surface area contributed by atoms with Crippen LogP contribution in [0.4, 0.5) is 0 Å². The van der Waals surface area contributed by atoms with Crippen LogP contribution in [0.1, 0.15) is 17.5 Å². The topological polar surface area (TPSA) is 256 Å². The molecule has 0 aliphatic carbocycles. The number of rotatable bonds is 3. The number of allylic oxidation sites excluding steroid dienone is 3. The van der Waals surface area contributed by atoms with E-state index in [1.54, 1.807) is 37.2 Å². The lowest BCUT2D eigenvalue weighted by molar-refractivity contribution is 0.961. The molecule has 6 N–H and O–H groups in total. The lowest BCUT2D eigenvalue weighted by atomic mass is 10.2. The van der Waals surface area contributed by atoms with Gasteiger partial charge in [-0.05, 0) is 0 Å². The second-order valence-electron chi connectivity index (χ2n) is 8.37. The summed E-state index contributed by atoms with van der Waals surface area (Å²) in [7, 11) is 0. The molecule has 42 heavy (non-hydrogen) atoms. The molecule has 198 valence electrons. The van der Waals surface area contributed by atoms with E-state index in [9.17, 15) is 15.8 Å². The van der Waals surface area contributed by atoms with Gasteiger partial charge in [0, 0.05) is 37.2 Å². The normalized spacial score (nSPS) is 18.1. The zero-order chi connectivity index (χ0) is 28.6. The SMILES string of the molecule is N#CC(=C1N=C2NC=CNC2=N1)c1nc(C(C#N)=C2N=C3NC=CNC3=N2)nc(C(C#N)=C2N=C3NC=CNC3=N2)n1. The number of hydrogen-bond donors (Lipinski definition) is 6. The van der Waals surface area contributed by atoms with E-state index >= 15 is 0 Å². The van der Waals surface area contributed by atoms with Crippen molar-refractivity contribution in [2.24, 2.45) is 30.0 Å². The van der Waals surface area contributed by atoms with Crippen LogP contribution in [0, 0.1) is 34.0 Å². The van der Waals surface area contributed by atoms with Gasteiger partial charge >= 0.3 is 0 Å². The van der Waals surface area contributed by atoms with Gasteiger partial charge in [0.05, 0.1) is 0 Å². The predicted octanol–water partition coefficient (Wildman–Crippen LogP) is -1.13. The largest absolute Gasteiger partial charge is 0.342 e. The minimum Gasteiger partial charge on any atom is -0.342 e. The molecule has 0 saturated carbocycles. The number of aromatic nitrogens is 3. The minimum atomic E-state index is -0.197. The Balaban J connectivity index is 1.44. The maximum atomic E-state index is 10.2. The van der Waals surface area contributed by atoms with Crippen LogP contribution in [0.3, 0.4) is 0 Å². The Hall–Kier alpha value is -7.26. The molecule has 6 aliphatic rings. The summed E-state index contributed by atoms with van der Waals surface area (Å²) in [5.74, 6) is 1.74. The summed E-state index contributed by atoms with van der Waals surface area (Å²) >= 11 is 0. The standard InChI is InChI=1S/C24H12N18/c25-7-10(16-37-19-20(38-16)29-2-1-28-19)13-34-14(11(8-26)17-39-21-22(40-17)31-4-3-30-21)36-15(35-13)12(9-27)18-41-23-24(42-18)33-6-5-32-23/h1-6H,(H,28,37)(H,29,38)(H,30,39)(H,31,40)(H,32,41)(H,33,42). The second-order valence-corrected chi connectivity index (χ2v) is 8.37. The smallest absolute Gasteiger partial charge is 0.178 e. The van der Waals surface area contributed by atoms with Crippen LogP contribution in [0.5, 0.6) is 0 Å². The van der Waals surface area contributed by atoms with Crippen molar-refractivity contribution in [1.29, 1.82) is 15.8 Å². The van der Waals surface area contributed by atoms with Crippen molar-refractivity contribution in [3.05, 3.63) is 72.1 Å². The van der Waals surface area contributed by atoms with Crippen molar-refractivity contribution in [2.45, 2.75) is 0 Å². The van der Waals surface area contributed by atoms with E-state index in [-0.39, 0.29) is 51.7 Å². The number of aliphatic imine (C=N–C) groups is 6. The molecular weight excluding hydrogens is 540 g/mol. The van der Waals surface area contributed by atoms with Crippen LogP contribution in [0.2, 0.25) is 0 Å². The molecule has 0 fully saturated rings. The Morgan fingerprint density at radius 1 is 0.405 bits per heavy atom. The van der Waals surface area contributed by atoms with Gasteiger partial charge in [0.15, 0.2) is 69.9 Å². The highest BCUT2D eigenvalue weighted by atomic mass is 15.2. The monoisotopic (exact) mass is 552 g/mol. The molecule has 0 aromatic carbocycles. The highest BCUT2D eigenvalue weighted by Gasteiger charge is 2.29. The first-order chi connectivity index (χ1) is 20.6. The van der Waals surface area contributed by atoms with E-state index in [4.69, 9.17) is 0 Å². The third kappa shape index (κ3) is 3.92. The van der Waals surface area contributed by atoms with Gasteiger partial charge in [0.1, 0.15) is 34.9 Å². The number of nitrogens with zero attached hydrogens (tertiary/aromatic N) is 12. The Labute approximate surface area is 234 Å². The Kier molecular flexibility index (Phi) is 5.38. The van der Waals surface area contributed by atoms with E-state index in [0.29, 0.717) is 35.0 Å². The molecule has 7 rings (SSSR count). The number of nitrogens with one attached hydrogen (secondary N) is 6. The summed E-state index contributed by atoms with van der Waals surface area (Å²) < 4.78 is 0. The fourth-order valence-electron chi connectivity index (χ4n) is 4.00. The second kappa shape index (κ2) is 9.49. The van der Waals surface area contributed by atoms with Crippen molar-refractivity contribution in [3.63, 3.8) is 0 Å². The van der Waals surface area contributed by atoms with Crippen LogP contribution in [-0.4, -0.2) is 50.0 Å². The van der Waals surface area contributed by atoms with Crippen molar-refractivity contribution in [3.8, 4) is 18.2 Å². The Morgan fingerprint density at radius 3 is 0.810 bits per heavy atom. The molecule has 0 spiro atoms. The summed E-state index contributed by atoms with van der Waals surface area (Å²) in [6.07, 6.45) is 9.70. The average molecular weight is 552 g/mol. The molecule has 6 aliphatic heterocycles. The lowest BCUT2D eigenvalue weighted by Crippen LogP contribution is -2.37. The van der Waals surface area contributed by atoms with E-state index in [0.717, 1.165) is 0 Å². The van der Waals surface area contributed by atoms with Crippen molar-refractivity contribution < 1.29 is 0 Å². The molecule has 0 saturated heterocycles. The molecule has 0 atom stereocenters. The van der Waals surface area contributed by atoms with Gasteiger partial charge < -0.3 is 31.9 Å². The van der Waals surface area contributed by atoms with E-state index < -0.39 is 0 Å². The first kappa shape index (κ1) is 23.8. The molecule has 18 heteroatoms. The Bertz CT molecular complexity index is 1680. The zero-order valence-electron chi connectivity index (χ0n) is 20.8. The van der Waals surface area contributed by atoms with Crippen LogP contribution < -0.4 is 31.9 Å². The number of fused-ring (bicyclic) bond motifs is 3. The maximum absolute atomic E-state index is 10.2. The van der Waals surface area contributed by atoms with Gasteiger partial charge in [-0.15, -0.1) is 0 Å². The highest BCUT2D eigenvalue weighted by Crippen LogP contribution is 2.28. The quantitative estimate of drug-likeness (QED) is 0.244. The van der Waals surface area contributed by atoms with Crippen LogP contribution >= 0.6 is 0 Å². The highest BCUT2D eigenvalue weighted by molar-refractivity contribution is 6.44. The van der Waals surface area contributed by atoms with Crippen molar-refractivity contribution in [2.75, 3.05) is 0 Å². The summed E-state index contributed by atoms with van der Waals surface area (Å²) in [6.45, 7) is 0. The molecule has 0 unspecified atom stereocenters. The van der Waals surface area contributed by atoms with Crippen LogP contribution in [0.15, 0.2) is 84.6 Å². The van der Waals surface area contributed by atoms with Gasteiger partial charge in [-0.2, -0.15) is 15.8 Å². The van der Waals surface area contributed by atoms with Gasteiger partial charge in [-0.3, -0.25) is 0 Å².